The maximum absolute atomic E-state index is 3.88. The van der Waals surface area contributed by atoms with E-state index in [0.29, 0.717) is 6.04 Å². The number of nitrogens with zero attached hydrogens (tertiary/aromatic N) is 2. The number of likely N-dealkylation sites (tertiary alicyclic amines) is 1. The van der Waals surface area contributed by atoms with Crippen molar-refractivity contribution in [3.8, 4) is 0 Å². The Morgan fingerprint density at radius 3 is 2.58 bits per heavy atom. The van der Waals surface area contributed by atoms with Gasteiger partial charge >= 0.3 is 0 Å². The average molecular weight is 243 g/mol. The molecule has 0 aromatic heterocycles. The van der Waals surface area contributed by atoms with Crippen molar-refractivity contribution in [1.82, 2.24) is 9.80 Å². The molecular weight excluding hydrogens is 225 g/mol. The molecule has 0 aliphatic carbocycles. The maximum atomic E-state index is 3.88. The summed E-state index contributed by atoms with van der Waals surface area (Å²) < 4.78 is 0. The summed E-state index contributed by atoms with van der Waals surface area (Å²) in [7, 11) is 4.31. The smallest absolute Gasteiger partial charge is 0 e. The summed E-state index contributed by atoms with van der Waals surface area (Å²) in [5, 5.41) is 0. The van der Waals surface area contributed by atoms with E-state index >= 15 is 0 Å². The van der Waals surface area contributed by atoms with Gasteiger partial charge in [0.05, 0.1) is 0 Å². The van der Waals surface area contributed by atoms with Gasteiger partial charge in [-0.05, 0) is 20.6 Å². The Balaban J connectivity index is 0.00000121. The van der Waals surface area contributed by atoms with E-state index < -0.39 is 0 Å². The Labute approximate surface area is 102 Å². The summed E-state index contributed by atoms with van der Waals surface area (Å²) in [4.78, 5) is 4.66. The van der Waals surface area contributed by atoms with Crippen LogP contribution in [-0.4, -0.2) is 49.6 Å². The second-order valence-electron chi connectivity index (χ2n) is 3.54. The van der Waals surface area contributed by atoms with Crippen molar-refractivity contribution < 1.29 is 32.7 Å². The minimum atomic E-state index is 0. The summed E-state index contributed by atoms with van der Waals surface area (Å²) in [6.45, 7) is 9.33. The fourth-order valence-electron chi connectivity index (χ4n) is 1.72. The Bertz CT molecular complexity index is 126. The van der Waals surface area contributed by atoms with Crippen LogP contribution in [0, 0.1) is 12.8 Å². The van der Waals surface area contributed by atoms with Crippen molar-refractivity contribution in [3.63, 3.8) is 0 Å². The molecule has 0 aromatic carbocycles. The molecule has 69 valence electrons. The molecule has 3 heteroatoms. The molecular formula is C9H18N2Y-2. The van der Waals surface area contributed by atoms with E-state index in [1.165, 1.54) is 0 Å². The molecule has 0 spiro atoms. The molecule has 0 amide bonds. The second-order valence-corrected chi connectivity index (χ2v) is 3.54. The van der Waals surface area contributed by atoms with Gasteiger partial charge in [0.2, 0.25) is 0 Å². The van der Waals surface area contributed by atoms with Gasteiger partial charge in [0.1, 0.15) is 0 Å². The summed E-state index contributed by atoms with van der Waals surface area (Å²) in [6, 6.07) is 0.637. The fourth-order valence-corrected chi connectivity index (χ4v) is 1.72. The van der Waals surface area contributed by atoms with E-state index in [4.69, 9.17) is 0 Å². The number of hydrogen-bond donors (Lipinski definition) is 0. The second kappa shape index (κ2) is 5.69. The first-order chi connectivity index (χ1) is 5.15. The van der Waals surface area contributed by atoms with Crippen molar-refractivity contribution in [1.29, 1.82) is 0 Å². The van der Waals surface area contributed by atoms with Crippen LogP contribution in [0.25, 0.3) is 0 Å². The van der Waals surface area contributed by atoms with E-state index in [1.807, 2.05) is 0 Å². The van der Waals surface area contributed by atoms with Gasteiger partial charge in [-0.25, -0.2) is 0 Å². The molecule has 0 saturated carbocycles. The van der Waals surface area contributed by atoms with E-state index in [0.717, 1.165) is 19.6 Å². The van der Waals surface area contributed by atoms with Crippen LogP contribution in [0.4, 0.5) is 0 Å². The van der Waals surface area contributed by atoms with Crippen molar-refractivity contribution >= 4 is 0 Å². The Morgan fingerprint density at radius 2 is 2.25 bits per heavy atom. The van der Waals surface area contributed by atoms with Crippen molar-refractivity contribution in [2.75, 3.05) is 33.7 Å². The summed E-state index contributed by atoms with van der Waals surface area (Å²) in [6.07, 6.45) is 0. The van der Waals surface area contributed by atoms with Gasteiger partial charge < -0.3 is 16.7 Å². The van der Waals surface area contributed by atoms with Crippen LogP contribution in [0.5, 0.6) is 0 Å². The number of rotatable bonds is 2. The van der Waals surface area contributed by atoms with Crippen LogP contribution in [0.2, 0.25) is 0 Å². The predicted molar refractivity (Wildman–Crippen MR) is 48.2 cm³/mol. The predicted octanol–water partition coefficient (Wildman–Crippen LogP) is 0.658. The minimum Gasteiger partial charge on any atom is -0.361 e. The molecule has 1 unspecified atom stereocenters. The largest absolute Gasteiger partial charge is 0.361 e. The van der Waals surface area contributed by atoms with Crippen LogP contribution in [-0.2, 0) is 32.7 Å². The first kappa shape index (κ1) is 13.0. The van der Waals surface area contributed by atoms with Crippen LogP contribution < -0.4 is 0 Å². The molecule has 1 rings (SSSR count). The molecule has 1 radical (unpaired) electrons. The molecule has 1 saturated heterocycles. The normalized spacial score (nSPS) is 26.2. The average Bonchev–Trinajstić information content (AvgIpc) is 2.28. The molecule has 1 fully saturated rings. The Kier molecular flexibility index (Phi) is 6.18. The SMILES string of the molecule is [CH2-]CN(C)C1CN(C)C[C-]1C.[Y]. The maximum Gasteiger partial charge on any atom is 0 e. The molecule has 0 aromatic rings. The number of likely N-dealkylation sites (N-methyl/N-ethyl adjacent to an activating group) is 2. The quantitative estimate of drug-likeness (QED) is 0.657. The van der Waals surface area contributed by atoms with Crippen molar-refractivity contribution in [2.45, 2.75) is 13.0 Å². The molecule has 0 N–H and O–H groups in total. The van der Waals surface area contributed by atoms with E-state index in [-0.39, 0.29) is 32.7 Å². The monoisotopic (exact) mass is 243 g/mol. The molecule has 2 nitrogen and oxygen atoms in total. The molecule has 1 heterocycles. The van der Waals surface area contributed by atoms with Gasteiger partial charge in [0, 0.05) is 32.7 Å². The zero-order valence-corrected chi connectivity index (χ0v) is 11.2. The third-order valence-electron chi connectivity index (χ3n) is 2.46. The fraction of sp³-hybridized carbons (Fsp3) is 0.778. The zero-order valence-electron chi connectivity index (χ0n) is 8.38. The van der Waals surface area contributed by atoms with Gasteiger partial charge in [0.25, 0.3) is 0 Å². The van der Waals surface area contributed by atoms with Gasteiger partial charge in [-0.15, -0.1) is 19.1 Å². The number of hydrogen-bond acceptors (Lipinski definition) is 2. The molecule has 1 atom stereocenters. The zero-order chi connectivity index (χ0) is 8.43. The Morgan fingerprint density at radius 1 is 1.67 bits per heavy atom. The Hall–Kier alpha value is 1.02. The first-order valence-electron chi connectivity index (χ1n) is 4.15. The van der Waals surface area contributed by atoms with Gasteiger partial charge in [0.15, 0.2) is 0 Å². The standard InChI is InChI=1S/C9H18N2.Y/c1-5-11(4)9-7-10(3)6-8(9)2;/h9H,1,5-7H2,2-4H3;/q-2;. The van der Waals surface area contributed by atoms with Crippen LogP contribution in [0.1, 0.15) is 6.92 Å². The summed E-state index contributed by atoms with van der Waals surface area (Å²) in [5.74, 6) is 1.57. The van der Waals surface area contributed by atoms with Gasteiger partial charge in [-0.3, -0.25) is 5.92 Å². The summed E-state index contributed by atoms with van der Waals surface area (Å²) >= 11 is 0. The third-order valence-corrected chi connectivity index (χ3v) is 2.46. The van der Waals surface area contributed by atoms with Gasteiger partial charge in [-0.2, -0.15) is 6.92 Å². The first-order valence-corrected chi connectivity index (χ1v) is 4.15. The van der Waals surface area contributed by atoms with Gasteiger partial charge in [-0.1, -0.05) is 0 Å². The molecule has 1 aliphatic heterocycles. The molecule has 12 heavy (non-hydrogen) atoms. The van der Waals surface area contributed by atoms with Crippen LogP contribution >= 0.6 is 0 Å². The molecule has 0 bridgehead atoms. The van der Waals surface area contributed by atoms with Crippen molar-refractivity contribution in [3.05, 3.63) is 12.8 Å². The van der Waals surface area contributed by atoms with Crippen molar-refractivity contribution in [2.24, 2.45) is 0 Å². The third kappa shape index (κ3) is 3.06. The van der Waals surface area contributed by atoms with E-state index in [9.17, 15) is 0 Å². The van der Waals surface area contributed by atoms with E-state index in [2.05, 4.69) is 37.7 Å². The van der Waals surface area contributed by atoms with Crippen LogP contribution in [0.3, 0.4) is 0 Å². The van der Waals surface area contributed by atoms with Crippen LogP contribution in [0.15, 0.2) is 0 Å². The van der Waals surface area contributed by atoms with E-state index in [1.54, 1.807) is 5.92 Å². The minimum absolute atomic E-state index is 0. The molecule has 1 aliphatic rings. The topological polar surface area (TPSA) is 6.48 Å². The summed E-state index contributed by atoms with van der Waals surface area (Å²) in [5.41, 5.74) is 0.